The minimum Gasteiger partial charge on any atom is -0.480 e. The van der Waals surface area contributed by atoms with Crippen molar-refractivity contribution in [1.29, 1.82) is 0 Å². The molecular formula is C18H20N2O6S. The van der Waals surface area contributed by atoms with Gasteiger partial charge in [-0.2, -0.15) is 0 Å². The van der Waals surface area contributed by atoms with Crippen molar-refractivity contribution < 1.29 is 27.5 Å². The van der Waals surface area contributed by atoms with Crippen molar-refractivity contribution in [3.63, 3.8) is 0 Å². The number of rotatable bonds is 8. The number of carboxylic acid groups (broad SMARTS) is 1. The highest BCUT2D eigenvalue weighted by molar-refractivity contribution is 7.89. The Morgan fingerprint density at radius 1 is 1.26 bits per heavy atom. The second-order valence-electron chi connectivity index (χ2n) is 6.39. The summed E-state index contributed by atoms with van der Waals surface area (Å²) < 4.78 is 32.2. The molecule has 1 aliphatic rings. The van der Waals surface area contributed by atoms with Crippen LogP contribution in [0.4, 0.5) is 0 Å². The molecule has 0 bridgehead atoms. The highest BCUT2D eigenvalue weighted by Crippen LogP contribution is 2.30. The summed E-state index contributed by atoms with van der Waals surface area (Å²) in [5.74, 6) is -1.01. The summed E-state index contributed by atoms with van der Waals surface area (Å²) in [6.07, 6.45) is 2.99. The molecule has 0 aliphatic heterocycles. The summed E-state index contributed by atoms with van der Waals surface area (Å²) in [6, 6.07) is 7.74. The number of hydrogen-bond acceptors (Lipinski definition) is 5. The SMILES string of the molecule is CC(C(=O)O)N(C(=O)c1ccc(S(=O)(=O)NCc2ccco2)cc1)C1CC1. The quantitative estimate of drug-likeness (QED) is 0.708. The van der Waals surface area contributed by atoms with Crippen molar-refractivity contribution in [2.75, 3.05) is 0 Å². The molecule has 1 aliphatic carbocycles. The van der Waals surface area contributed by atoms with E-state index in [1.165, 1.54) is 42.4 Å². The molecule has 1 unspecified atom stereocenters. The summed E-state index contributed by atoms with van der Waals surface area (Å²) in [7, 11) is -3.76. The zero-order valence-electron chi connectivity index (χ0n) is 14.7. The Bertz CT molecular complexity index is 917. The fraction of sp³-hybridized carbons (Fsp3) is 0.333. The minimum atomic E-state index is -3.76. The first-order chi connectivity index (χ1) is 12.8. The van der Waals surface area contributed by atoms with E-state index < -0.39 is 27.9 Å². The Morgan fingerprint density at radius 3 is 2.44 bits per heavy atom. The number of carbonyl (C=O) groups is 2. The van der Waals surface area contributed by atoms with Gasteiger partial charge in [0.05, 0.1) is 17.7 Å². The maximum absolute atomic E-state index is 12.7. The number of hydrogen-bond donors (Lipinski definition) is 2. The largest absolute Gasteiger partial charge is 0.480 e. The molecule has 8 nitrogen and oxygen atoms in total. The Balaban J connectivity index is 1.73. The fourth-order valence-corrected chi connectivity index (χ4v) is 3.71. The van der Waals surface area contributed by atoms with Crippen molar-refractivity contribution in [2.45, 2.75) is 43.3 Å². The highest BCUT2D eigenvalue weighted by Gasteiger charge is 2.38. The lowest BCUT2D eigenvalue weighted by Crippen LogP contribution is -2.44. The van der Waals surface area contributed by atoms with E-state index in [0.29, 0.717) is 5.76 Å². The molecule has 1 fully saturated rings. The van der Waals surface area contributed by atoms with Crippen molar-refractivity contribution in [1.82, 2.24) is 9.62 Å². The molecule has 27 heavy (non-hydrogen) atoms. The zero-order chi connectivity index (χ0) is 19.6. The molecule has 0 radical (unpaired) electrons. The van der Waals surface area contributed by atoms with Crippen molar-refractivity contribution >= 4 is 21.9 Å². The van der Waals surface area contributed by atoms with Crippen LogP contribution in [0.25, 0.3) is 0 Å². The Hall–Kier alpha value is -2.65. The zero-order valence-corrected chi connectivity index (χ0v) is 15.5. The first-order valence-electron chi connectivity index (χ1n) is 8.47. The topological polar surface area (TPSA) is 117 Å². The molecule has 0 saturated heterocycles. The molecule has 9 heteroatoms. The van der Waals surface area contributed by atoms with E-state index in [1.807, 2.05) is 0 Å². The number of carbonyl (C=O) groups excluding carboxylic acids is 1. The van der Waals surface area contributed by atoms with Gasteiger partial charge >= 0.3 is 5.97 Å². The maximum atomic E-state index is 12.7. The van der Waals surface area contributed by atoms with Gasteiger partial charge in [0.15, 0.2) is 0 Å². The molecular weight excluding hydrogens is 372 g/mol. The van der Waals surface area contributed by atoms with Crippen molar-refractivity contribution in [3.05, 3.63) is 54.0 Å². The summed E-state index contributed by atoms with van der Waals surface area (Å²) >= 11 is 0. The van der Waals surface area contributed by atoms with Crippen LogP contribution < -0.4 is 4.72 Å². The van der Waals surface area contributed by atoms with Crippen LogP contribution in [0.5, 0.6) is 0 Å². The Labute approximate surface area is 156 Å². The molecule has 1 atom stereocenters. The molecule has 1 heterocycles. The number of carboxylic acids is 1. The van der Waals surface area contributed by atoms with Crippen molar-refractivity contribution in [2.24, 2.45) is 0 Å². The van der Waals surface area contributed by atoms with Crippen LogP contribution in [-0.4, -0.2) is 42.4 Å². The van der Waals surface area contributed by atoms with Gasteiger partial charge in [0.2, 0.25) is 10.0 Å². The first-order valence-corrected chi connectivity index (χ1v) is 9.95. The number of aliphatic carboxylic acids is 1. The highest BCUT2D eigenvalue weighted by atomic mass is 32.2. The van der Waals surface area contributed by atoms with Crippen molar-refractivity contribution in [3.8, 4) is 0 Å². The molecule has 2 N–H and O–H groups in total. The number of nitrogens with one attached hydrogen (secondary N) is 1. The first kappa shape index (κ1) is 19.1. The van der Waals surface area contributed by atoms with Gasteiger partial charge in [-0.15, -0.1) is 0 Å². The molecule has 3 rings (SSSR count). The summed E-state index contributed by atoms with van der Waals surface area (Å²) in [5.41, 5.74) is 0.250. The van der Waals surface area contributed by atoms with Gasteiger partial charge in [0.25, 0.3) is 5.91 Å². The van der Waals surface area contributed by atoms with Crippen LogP contribution in [0.1, 0.15) is 35.9 Å². The third kappa shape index (κ3) is 4.37. The fourth-order valence-electron chi connectivity index (χ4n) is 2.72. The predicted molar refractivity (Wildman–Crippen MR) is 95.5 cm³/mol. The number of benzene rings is 1. The van der Waals surface area contributed by atoms with E-state index in [1.54, 1.807) is 12.1 Å². The molecule has 1 aromatic carbocycles. The second-order valence-corrected chi connectivity index (χ2v) is 8.15. The molecule has 2 aromatic rings. The van der Waals surface area contributed by atoms with Crippen LogP contribution in [0, 0.1) is 0 Å². The number of furan rings is 1. The van der Waals surface area contributed by atoms with Gasteiger partial charge in [-0.3, -0.25) is 4.79 Å². The number of amides is 1. The van der Waals surface area contributed by atoms with E-state index in [4.69, 9.17) is 4.42 Å². The van der Waals surface area contributed by atoms with Crippen LogP contribution in [0.2, 0.25) is 0 Å². The van der Waals surface area contributed by atoms with E-state index in [-0.39, 0.29) is 23.0 Å². The molecule has 0 spiro atoms. The van der Waals surface area contributed by atoms with Crippen LogP contribution in [-0.2, 0) is 21.4 Å². The van der Waals surface area contributed by atoms with Gasteiger partial charge in [-0.05, 0) is 56.2 Å². The Morgan fingerprint density at radius 2 is 1.93 bits per heavy atom. The van der Waals surface area contributed by atoms with Gasteiger partial charge in [-0.25, -0.2) is 17.9 Å². The smallest absolute Gasteiger partial charge is 0.326 e. The van der Waals surface area contributed by atoms with Gasteiger partial charge in [-0.1, -0.05) is 0 Å². The maximum Gasteiger partial charge on any atom is 0.326 e. The lowest BCUT2D eigenvalue weighted by Gasteiger charge is -2.26. The third-order valence-corrected chi connectivity index (χ3v) is 5.79. The van der Waals surface area contributed by atoms with E-state index in [0.717, 1.165) is 12.8 Å². The molecule has 1 amide bonds. The average Bonchev–Trinajstić information content (AvgIpc) is 3.33. The number of nitrogens with zero attached hydrogens (tertiary/aromatic N) is 1. The molecule has 1 aromatic heterocycles. The van der Waals surface area contributed by atoms with E-state index in [9.17, 15) is 23.1 Å². The summed E-state index contributed by atoms with van der Waals surface area (Å²) in [4.78, 5) is 25.3. The van der Waals surface area contributed by atoms with E-state index >= 15 is 0 Å². The van der Waals surface area contributed by atoms with Crippen LogP contribution >= 0.6 is 0 Å². The van der Waals surface area contributed by atoms with Gasteiger partial charge in [0, 0.05) is 11.6 Å². The third-order valence-electron chi connectivity index (χ3n) is 4.38. The monoisotopic (exact) mass is 392 g/mol. The van der Waals surface area contributed by atoms with Crippen LogP contribution in [0.15, 0.2) is 52.0 Å². The molecule has 144 valence electrons. The lowest BCUT2D eigenvalue weighted by molar-refractivity contribution is -0.141. The molecule has 1 saturated carbocycles. The average molecular weight is 392 g/mol. The second kappa shape index (κ2) is 7.53. The predicted octanol–water partition coefficient (Wildman–Crippen LogP) is 1.84. The minimum absolute atomic E-state index is 0.00913. The normalized spacial score (nSPS) is 15.3. The Kier molecular flexibility index (Phi) is 5.33. The number of sulfonamides is 1. The van der Waals surface area contributed by atoms with Crippen LogP contribution in [0.3, 0.4) is 0 Å². The van der Waals surface area contributed by atoms with E-state index in [2.05, 4.69) is 4.72 Å². The van der Waals surface area contributed by atoms with Gasteiger partial charge in [0.1, 0.15) is 11.8 Å². The summed E-state index contributed by atoms with van der Waals surface area (Å²) in [5, 5.41) is 9.22. The standard InChI is InChI=1S/C18H20N2O6S/c1-12(18(22)23)20(14-6-7-14)17(21)13-4-8-16(9-5-13)27(24,25)19-11-15-3-2-10-26-15/h2-5,8-10,12,14,19H,6-7,11H2,1H3,(H,22,23). The summed E-state index contributed by atoms with van der Waals surface area (Å²) in [6.45, 7) is 1.48. The van der Waals surface area contributed by atoms with Gasteiger partial charge < -0.3 is 14.4 Å². The lowest BCUT2D eigenvalue weighted by atomic mass is 10.1.